The highest BCUT2D eigenvalue weighted by molar-refractivity contribution is 7.15. The number of aryl methyl sites for hydroxylation is 1. The highest BCUT2D eigenvalue weighted by atomic mass is 32.1. The van der Waals surface area contributed by atoms with Crippen molar-refractivity contribution in [3.63, 3.8) is 0 Å². The lowest BCUT2D eigenvalue weighted by molar-refractivity contribution is 0.745. The molecule has 0 saturated carbocycles. The van der Waals surface area contributed by atoms with E-state index in [2.05, 4.69) is 46.7 Å². The molecule has 84 valence electrons. The van der Waals surface area contributed by atoms with Gasteiger partial charge >= 0.3 is 0 Å². The highest BCUT2D eigenvalue weighted by Crippen LogP contribution is 2.24. The van der Waals surface area contributed by atoms with Gasteiger partial charge in [-0.05, 0) is 18.9 Å². The van der Waals surface area contributed by atoms with Crippen LogP contribution in [0.1, 0.15) is 30.0 Å². The summed E-state index contributed by atoms with van der Waals surface area (Å²) in [6, 6.07) is 10.7. The van der Waals surface area contributed by atoms with E-state index in [9.17, 15) is 0 Å². The Bertz CT molecular complexity index is 439. The molecule has 0 aliphatic heterocycles. The zero-order chi connectivity index (χ0) is 11.4. The first-order chi connectivity index (χ1) is 7.79. The van der Waals surface area contributed by atoms with Crippen LogP contribution in [0.15, 0.2) is 30.3 Å². The van der Waals surface area contributed by atoms with Crippen molar-refractivity contribution in [3.05, 3.63) is 40.9 Å². The quantitative estimate of drug-likeness (QED) is 0.879. The Hall–Kier alpha value is -1.42. The molecule has 0 aliphatic carbocycles. The summed E-state index contributed by atoms with van der Waals surface area (Å²) < 4.78 is 0. The third-order valence-electron chi connectivity index (χ3n) is 2.43. The van der Waals surface area contributed by atoms with Gasteiger partial charge in [-0.3, -0.25) is 0 Å². The normalized spacial score (nSPS) is 12.4. The number of hydrogen-bond acceptors (Lipinski definition) is 4. The largest absolute Gasteiger partial charge is 0.353 e. The fraction of sp³-hybridized carbons (Fsp3) is 0.333. The molecule has 1 heterocycles. The molecule has 0 saturated heterocycles. The van der Waals surface area contributed by atoms with E-state index in [4.69, 9.17) is 0 Å². The van der Waals surface area contributed by atoms with E-state index >= 15 is 0 Å². The van der Waals surface area contributed by atoms with Gasteiger partial charge in [-0.1, -0.05) is 48.6 Å². The Labute approximate surface area is 99.5 Å². The van der Waals surface area contributed by atoms with E-state index in [1.165, 1.54) is 5.56 Å². The van der Waals surface area contributed by atoms with Crippen molar-refractivity contribution in [1.82, 2.24) is 10.2 Å². The molecule has 0 bridgehead atoms. The van der Waals surface area contributed by atoms with Crippen molar-refractivity contribution in [2.75, 3.05) is 5.32 Å². The van der Waals surface area contributed by atoms with Crippen LogP contribution in [0.25, 0.3) is 0 Å². The fourth-order valence-electron chi connectivity index (χ4n) is 1.61. The summed E-state index contributed by atoms with van der Waals surface area (Å²) in [6.45, 7) is 4.13. The summed E-state index contributed by atoms with van der Waals surface area (Å²) in [6.07, 6.45) is 1.03. The predicted octanol–water partition coefficient (Wildman–Crippen LogP) is 3.41. The number of benzene rings is 1. The van der Waals surface area contributed by atoms with E-state index in [0.29, 0.717) is 6.04 Å². The lowest BCUT2D eigenvalue weighted by Gasteiger charge is -2.15. The summed E-state index contributed by atoms with van der Waals surface area (Å²) >= 11 is 1.59. The van der Waals surface area contributed by atoms with Gasteiger partial charge in [0.15, 0.2) is 0 Å². The van der Waals surface area contributed by atoms with Crippen LogP contribution in [0.4, 0.5) is 5.13 Å². The molecule has 0 spiro atoms. The van der Waals surface area contributed by atoms with Crippen molar-refractivity contribution in [1.29, 1.82) is 0 Å². The van der Waals surface area contributed by atoms with Gasteiger partial charge in [-0.25, -0.2) is 0 Å². The third kappa shape index (κ3) is 2.58. The second-order valence-electron chi connectivity index (χ2n) is 3.64. The van der Waals surface area contributed by atoms with Gasteiger partial charge in [0.25, 0.3) is 0 Å². The first-order valence-corrected chi connectivity index (χ1v) is 6.23. The summed E-state index contributed by atoms with van der Waals surface area (Å²) in [5, 5.41) is 13.4. The molecule has 1 aromatic heterocycles. The Morgan fingerprint density at radius 2 is 2.00 bits per heavy atom. The van der Waals surface area contributed by atoms with Crippen LogP contribution < -0.4 is 5.32 Å². The molecule has 0 aliphatic rings. The Balaban J connectivity index is 2.12. The number of nitrogens with one attached hydrogen (secondary N) is 1. The summed E-state index contributed by atoms with van der Waals surface area (Å²) in [7, 11) is 0. The molecule has 1 unspecified atom stereocenters. The molecule has 0 amide bonds. The first-order valence-electron chi connectivity index (χ1n) is 5.41. The van der Waals surface area contributed by atoms with E-state index in [-0.39, 0.29) is 0 Å². The lowest BCUT2D eigenvalue weighted by atomic mass is 10.1. The molecule has 3 nitrogen and oxygen atoms in total. The van der Waals surface area contributed by atoms with Crippen molar-refractivity contribution in [3.8, 4) is 0 Å². The van der Waals surface area contributed by atoms with Crippen LogP contribution in [-0.2, 0) is 0 Å². The van der Waals surface area contributed by atoms with Gasteiger partial charge in [0.2, 0.25) is 5.13 Å². The summed E-state index contributed by atoms with van der Waals surface area (Å²) in [5.41, 5.74) is 1.29. The minimum atomic E-state index is 0.313. The van der Waals surface area contributed by atoms with Gasteiger partial charge in [-0.2, -0.15) is 0 Å². The highest BCUT2D eigenvalue weighted by Gasteiger charge is 2.10. The molecule has 2 rings (SSSR count). The number of hydrogen-bond donors (Lipinski definition) is 1. The van der Waals surface area contributed by atoms with E-state index in [1.807, 2.05) is 13.0 Å². The number of rotatable bonds is 4. The Morgan fingerprint density at radius 3 is 2.56 bits per heavy atom. The third-order valence-corrected chi connectivity index (χ3v) is 3.20. The molecule has 1 atom stereocenters. The first kappa shape index (κ1) is 11.1. The summed E-state index contributed by atoms with van der Waals surface area (Å²) in [5.74, 6) is 0. The topological polar surface area (TPSA) is 37.8 Å². The maximum atomic E-state index is 4.09. The average Bonchev–Trinajstić information content (AvgIpc) is 2.73. The van der Waals surface area contributed by atoms with Gasteiger partial charge in [-0.15, -0.1) is 10.2 Å². The van der Waals surface area contributed by atoms with Crippen LogP contribution in [0.3, 0.4) is 0 Å². The molecule has 16 heavy (non-hydrogen) atoms. The van der Waals surface area contributed by atoms with Crippen molar-refractivity contribution < 1.29 is 0 Å². The second kappa shape index (κ2) is 5.07. The van der Waals surface area contributed by atoms with Gasteiger partial charge in [0.1, 0.15) is 5.01 Å². The molecule has 4 heteroatoms. The maximum absolute atomic E-state index is 4.09. The van der Waals surface area contributed by atoms with E-state index < -0.39 is 0 Å². The second-order valence-corrected chi connectivity index (χ2v) is 4.82. The average molecular weight is 233 g/mol. The van der Waals surface area contributed by atoms with Crippen molar-refractivity contribution in [2.45, 2.75) is 26.3 Å². The predicted molar refractivity (Wildman–Crippen MR) is 67.7 cm³/mol. The zero-order valence-electron chi connectivity index (χ0n) is 9.47. The minimum Gasteiger partial charge on any atom is -0.353 e. The molecule has 1 aromatic carbocycles. The van der Waals surface area contributed by atoms with Crippen LogP contribution in [0, 0.1) is 6.92 Å². The monoisotopic (exact) mass is 233 g/mol. The smallest absolute Gasteiger partial charge is 0.206 e. The molecular weight excluding hydrogens is 218 g/mol. The van der Waals surface area contributed by atoms with Gasteiger partial charge in [0, 0.05) is 0 Å². The fourth-order valence-corrected chi connectivity index (χ4v) is 2.25. The standard InChI is InChI=1S/C12H15N3S/c1-3-11(10-7-5-4-6-8-10)13-12-15-14-9(2)16-12/h4-8,11H,3H2,1-2H3,(H,13,15). The van der Waals surface area contributed by atoms with E-state index in [0.717, 1.165) is 16.6 Å². The summed E-state index contributed by atoms with van der Waals surface area (Å²) in [4.78, 5) is 0. The van der Waals surface area contributed by atoms with Crippen LogP contribution in [0.2, 0.25) is 0 Å². The van der Waals surface area contributed by atoms with Crippen LogP contribution in [-0.4, -0.2) is 10.2 Å². The number of aromatic nitrogens is 2. The Kier molecular flexibility index (Phi) is 3.51. The Morgan fingerprint density at radius 1 is 1.25 bits per heavy atom. The molecular formula is C12H15N3S. The number of anilines is 1. The zero-order valence-corrected chi connectivity index (χ0v) is 10.3. The van der Waals surface area contributed by atoms with Crippen molar-refractivity contribution in [2.24, 2.45) is 0 Å². The van der Waals surface area contributed by atoms with Gasteiger partial charge < -0.3 is 5.32 Å². The van der Waals surface area contributed by atoms with Gasteiger partial charge in [0.05, 0.1) is 6.04 Å². The SMILES string of the molecule is CCC(Nc1nnc(C)s1)c1ccccc1. The lowest BCUT2D eigenvalue weighted by Crippen LogP contribution is -2.09. The minimum absolute atomic E-state index is 0.313. The van der Waals surface area contributed by atoms with Crippen molar-refractivity contribution >= 4 is 16.5 Å². The molecule has 0 fully saturated rings. The van der Waals surface area contributed by atoms with E-state index in [1.54, 1.807) is 11.3 Å². The maximum Gasteiger partial charge on any atom is 0.206 e. The van der Waals surface area contributed by atoms with Crippen LogP contribution >= 0.6 is 11.3 Å². The number of nitrogens with zero attached hydrogens (tertiary/aromatic N) is 2. The molecule has 2 aromatic rings. The molecule has 0 radical (unpaired) electrons. The molecule has 1 N–H and O–H groups in total. The van der Waals surface area contributed by atoms with Crippen LogP contribution in [0.5, 0.6) is 0 Å².